The molecule has 0 unspecified atom stereocenters. The van der Waals surface area contributed by atoms with Crippen molar-refractivity contribution < 1.29 is 75.4 Å². The van der Waals surface area contributed by atoms with Crippen LogP contribution in [0.2, 0.25) is 0 Å². The van der Waals surface area contributed by atoms with Gasteiger partial charge in [0.1, 0.15) is 13.2 Å². The lowest BCUT2D eigenvalue weighted by molar-refractivity contribution is -0.0164. The minimum absolute atomic E-state index is 0.276. The van der Waals surface area contributed by atoms with E-state index in [1.165, 1.54) is 7.11 Å². The van der Waals surface area contributed by atoms with E-state index in [9.17, 15) is 36.7 Å². The van der Waals surface area contributed by atoms with E-state index in [1.807, 2.05) is 13.8 Å². The van der Waals surface area contributed by atoms with Crippen molar-refractivity contribution in [3.8, 4) is 0 Å². The van der Waals surface area contributed by atoms with Crippen LogP contribution in [0.5, 0.6) is 0 Å². The first-order chi connectivity index (χ1) is 14.5. The van der Waals surface area contributed by atoms with E-state index in [4.69, 9.17) is 10.2 Å². The van der Waals surface area contributed by atoms with Crippen molar-refractivity contribution in [1.29, 1.82) is 0 Å². The molecule has 0 aromatic carbocycles. The Morgan fingerprint density at radius 2 is 1.06 bits per heavy atom. The Kier molecular flexibility index (Phi) is 30.5. The maximum absolute atomic E-state index is 11.3. The number of hydrogen-bond donors (Lipinski definition) is 2. The van der Waals surface area contributed by atoms with Crippen molar-refractivity contribution in [3.63, 3.8) is 0 Å². The van der Waals surface area contributed by atoms with Crippen LogP contribution in [0, 0.1) is 0 Å². The molecule has 0 heterocycles. The molecule has 0 fully saturated rings. The van der Waals surface area contributed by atoms with Gasteiger partial charge in [-0.1, -0.05) is 13.8 Å². The Hall–Kier alpha value is -3.20. The molecule has 0 rings (SSSR count). The van der Waals surface area contributed by atoms with Gasteiger partial charge in [0.25, 0.3) is 12.9 Å². The molecule has 2 N–H and O–H groups in total. The van der Waals surface area contributed by atoms with Gasteiger partial charge in [0.2, 0.25) is 0 Å². The lowest BCUT2D eigenvalue weighted by Gasteiger charge is -2.04. The Morgan fingerprint density at radius 1 is 0.710 bits per heavy atom. The van der Waals surface area contributed by atoms with Crippen LogP contribution in [-0.2, 0) is 28.4 Å². The summed E-state index contributed by atoms with van der Waals surface area (Å²) in [4.78, 5) is 39.3. The smallest absolute Gasteiger partial charge is 0.450 e. The van der Waals surface area contributed by atoms with E-state index < -0.39 is 50.7 Å². The van der Waals surface area contributed by atoms with Crippen molar-refractivity contribution in [3.05, 3.63) is 0 Å². The number of carbonyl (C=O) groups is 4. The van der Waals surface area contributed by atoms with Gasteiger partial charge in [-0.05, 0) is 6.92 Å². The molecule has 0 aromatic heterocycles. The average molecular weight is 474 g/mol. The van der Waals surface area contributed by atoms with Crippen molar-refractivity contribution in [2.24, 2.45) is 0 Å². The Labute approximate surface area is 174 Å². The maximum atomic E-state index is 11.3. The predicted octanol–water partition coefficient (Wildman–Crippen LogP) is 3.86. The first-order valence-electron chi connectivity index (χ1n) is 8.24. The summed E-state index contributed by atoms with van der Waals surface area (Å²) in [6.07, 6.45) is -10.7. The van der Waals surface area contributed by atoms with Crippen molar-refractivity contribution in [1.82, 2.24) is 0 Å². The zero-order valence-corrected chi connectivity index (χ0v) is 17.2. The molecular weight excluding hydrogens is 448 g/mol. The second-order valence-corrected chi connectivity index (χ2v) is 3.77. The van der Waals surface area contributed by atoms with Crippen LogP contribution in [0.15, 0.2) is 0 Å². The van der Waals surface area contributed by atoms with E-state index in [2.05, 4.69) is 28.4 Å². The quantitative estimate of drug-likeness (QED) is 0.226. The number of hydrogen-bond acceptors (Lipinski definition) is 10. The third-order valence-corrected chi connectivity index (χ3v) is 1.62. The maximum Gasteiger partial charge on any atom is 0.508 e. The van der Waals surface area contributed by atoms with Gasteiger partial charge in [-0.3, -0.25) is 0 Å². The number of methoxy groups -OCH3 is 1. The second-order valence-electron chi connectivity index (χ2n) is 3.77. The molecule has 12 nitrogen and oxygen atoms in total. The summed E-state index contributed by atoms with van der Waals surface area (Å²) in [5.74, 6) is 0. The zero-order chi connectivity index (χ0) is 25.2. The number of carbonyl (C=O) groups excluding carboxylic acids is 2. The van der Waals surface area contributed by atoms with E-state index in [-0.39, 0.29) is 13.2 Å². The van der Waals surface area contributed by atoms with E-state index >= 15 is 0 Å². The Bertz CT molecular complexity index is 433. The molecule has 0 saturated carbocycles. The molecule has 0 aliphatic rings. The fourth-order valence-electron chi connectivity index (χ4n) is 0.738. The van der Waals surface area contributed by atoms with Gasteiger partial charge in [-0.15, -0.1) is 0 Å². The number of carboxylic acid groups (broad SMARTS) is 2. The number of halogens is 4. The Balaban J connectivity index is -0.000000174. The number of alkyl halides is 4. The van der Waals surface area contributed by atoms with Gasteiger partial charge < -0.3 is 38.6 Å². The SMILES string of the molecule is CC.CCOC(=O)OC.O=C(O)OCCOC(=O)O.O=C(OCC(F)F)OCC(F)F. The van der Waals surface area contributed by atoms with Crippen LogP contribution in [0.25, 0.3) is 0 Å². The minimum atomic E-state index is -2.83. The third-order valence-electron chi connectivity index (χ3n) is 1.62. The van der Waals surface area contributed by atoms with Crippen LogP contribution in [-0.4, -0.2) is 87.8 Å². The largest absolute Gasteiger partial charge is 0.508 e. The topological polar surface area (TPSA) is 164 Å². The minimum Gasteiger partial charge on any atom is -0.450 e. The Morgan fingerprint density at radius 3 is 1.26 bits per heavy atom. The van der Waals surface area contributed by atoms with Gasteiger partial charge in [-0.2, -0.15) is 0 Å². The average Bonchev–Trinajstić information content (AvgIpc) is 2.70. The normalized spacial score (nSPS) is 8.71. The summed E-state index contributed by atoms with van der Waals surface area (Å²) in [7, 11) is 1.28. The van der Waals surface area contributed by atoms with Gasteiger partial charge in [-0.25, -0.2) is 36.7 Å². The summed E-state index contributed by atoms with van der Waals surface area (Å²) in [5.41, 5.74) is 0. The monoisotopic (exact) mass is 474 g/mol. The number of ether oxygens (including phenoxy) is 6. The molecule has 0 aliphatic carbocycles. The molecule has 186 valence electrons. The van der Waals surface area contributed by atoms with Gasteiger partial charge in [0, 0.05) is 0 Å². The molecule has 0 spiro atoms. The van der Waals surface area contributed by atoms with Crippen LogP contribution in [0.4, 0.5) is 36.7 Å². The molecule has 0 saturated heterocycles. The lowest BCUT2D eigenvalue weighted by Crippen LogP contribution is -2.16. The fraction of sp³-hybridized carbons (Fsp3) is 0.733. The predicted molar refractivity (Wildman–Crippen MR) is 92.6 cm³/mol. The van der Waals surface area contributed by atoms with E-state index in [1.54, 1.807) is 6.92 Å². The van der Waals surface area contributed by atoms with Crippen molar-refractivity contribution in [2.45, 2.75) is 33.6 Å². The van der Waals surface area contributed by atoms with Gasteiger partial charge >= 0.3 is 24.6 Å². The molecule has 0 atom stereocenters. The van der Waals surface area contributed by atoms with Crippen LogP contribution in [0.3, 0.4) is 0 Å². The molecular formula is C15H26F4O12. The first-order valence-corrected chi connectivity index (χ1v) is 8.24. The van der Waals surface area contributed by atoms with Crippen molar-refractivity contribution >= 4 is 24.6 Å². The molecule has 0 aliphatic heterocycles. The molecule has 31 heavy (non-hydrogen) atoms. The molecule has 0 aromatic rings. The molecule has 0 radical (unpaired) electrons. The second kappa shape index (κ2) is 26.8. The van der Waals surface area contributed by atoms with Crippen LogP contribution < -0.4 is 0 Å². The lowest BCUT2D eigenvalue weighted by atomic mass is 10.7. The molecule has 0 bridgehead atoms. The van der Waals surface area contributed by atoms with E-state index in [0.717, 1.165) is 0 Å². The first kappa shape index (κ1) is 35.3. The van der Waals surface area contributed by atoms with Crippen LogP contribution >= 0.6 is 0 Å². The highest BCUT2D eigenvalue weighted by molar-refractivity contribution is 5.60. The highest BCUT2D eigenvalue weighted by atomic mass is 19.3. The summed E-state index contributed by atoms with van der Waals surface area (Å²) >= 11 is 0. The zero-order valence-electron chi connectivity index (χ0n) is 17.2. The standard InChI is InChI=1S/C5H6F4O3.C4H6O6.C4H8O3.C2H6/c6-3(7)1-11-5(10)12-2-4(8)9;5-3(6)9-1-2-10-4(7)8;1-3-7-4(5)6-2;1-2/h3-4H,1-2H2;1-2H2,(H,5,6)(H,7,8);3H2,1-2H3;1-2H3. The number of rotatable bonds is 8. The summed E-state index contributed by atoms with van der Waals surface area (Å²) in [5, 5.41) is 15.7. The van der Waals surface area contributed by atoms with Gasteiger partial charge in [0.15, 0.2) is 13.2 Å². The third kappa shape index (κ3) is 46.6. The fourth-order valence-corrected chi connectivity index (χ4v) is 0.738. The van der Waals surface area contributed by atoms with Crippen LogP contribution in [0.1, 0.15) is 20.8 Å². The summed E-state index contributed by atoms with van der Waals surface area (Å²) in [6, 6.07) is 0. The van der Waals surface area contributed by atoms with Crippen molar-refractivity contribution in [2.75, 3.05) is 40.1 Å². The summed E-state index contributed by atoms with van der Waals surface area (Å²) < 4.78 is 69.0. The molecule has 0 amide bonds. The van der Waals surface area contributed by atoms with E-state index in [0.29, 0.717) is 6.61 Å². The summed E-state index contributed by atoms with van der Waals surface area (Å²) in [6.45, 7) is 3.23. The highest BCUT2D eigenvalue weighted by Crippen LogP contribution is 1.97. The highest BCUT2D eigenvalue weighted by Gasteiger charge is 2.11. The molecule has 16 heteroatoms. The van der Waals surface area contributed by atoms with Gasteiger partial charge in [0.05, 0.1) is 13.7 Å².